The van der Waals surface area contributed by atoms with Crippen LogP contribution in [0.1, 0.15) is 24.5 Å². The van der Waals surface area contributed by atoms with E-state index >= 15 is 0 Å². The van der Waals surface area contributed by atoms with Crippen LogP contribution in [0.4, 0.5) is 11.4 Å². The molecule has 0 saturated heterocycles. The Morgan fingerprint density at radius 3 is 2.12 bits per heavy atom. The van der Waals surface area contributed by atoms with Gasteiger partial charge in [-0.25, -0.2) is 8.42 Å². The number of aryl methyl sites for hydroxylation is 2. The van der Waals surface area contributed by atoms with Gasteiger partial charge in [0.15, 0.2) is 6.10 Å². The second-order valence-corrected chi connectivity index (χ2v) is 9.47. The Balaban J connectivity index is 1.69. The minimum atomic E-state index is -3.77. The number of rotatable bonds is 8. The summed E-state index contributed by atoms with van der Waals surface area (Å²) in [7, 11) is -3.77. The molecule has 3 aromatic rings. The van der Waals surface area contributed by atoms with Crippen molar-refractivity contribution in [2.45, 2.75) is 38.2 Å². The first kappa shape index (κ1) is 23.6. The lowest BCUT2D eigenvalue weighted by Gasteiger charge is -2.17. The Bertz CT molecular complexity index is 1170. The van der Waals surface area contributed by atoms with Crippen molar-refractivity contribution in [1.82, 2.24) is 0 Å². The molecule has 168 valence electrons. The van der Waals surface area contributed by atoms with Gasteiger partial charge in [0, 0.05) is 10.7 Å². The molecule has 0 fully saturated rings. The van der Waals surface area contributed by atoms with E-state index in [2.05, 4.69) is 10.0 Å². The first-order chi connectivity index (χ1) is 15.2. The predicted molar refractivity (Wildman–Crippen MR) is 128 cm³/mol. The van der Waals surface area contributed by atoms with Crippen LogP contribution in [0.2, 0.25) is 5.02 Å². The first-order valence-corrected chi connectivity index (χ1v) is 12.0. The van der Waals surface area contributed by atoms with Gasteiger partial charge in [0.25, 0.3) is 15.9 Å². The van der Waals surface area contributed by atoms with Crippen molar-refractivity contribution < 1.29 is 17.9 Å². The smallest absolute Gasteiger partial charge is 0.265 e. The van der Waals surface area contributed by atoms with E-state index in [1.54, 1.807) is 36.4 Å². The molecule has 0 heterocycles. The zero-order valence-electron chi connectivity index (χ0n) is 18.1. The van der Waals surface area contributed by atoms with E-state index < -0.39 is 16.1 Å². The molecular formula is C24H25ClN2O4S. The lowest BCUT2D eigenvalue weighted by Crippen LogP contribution is -2.32. The van der Waals surface area contributed by atoms with E-state index in [4.69, 9.17) is 16.3 Å². The fourth-order valence-corrected chi connectivity index (χ4v) is 4.44. The van der Waals surface area contributed by atoms with Crippen LogP contribution in [-0.4, -0.2) is 20.4 Å². The summed E-state index contributed by atoms with van der Waals surface area (Å²) in [5, 5.41) is 3.35. The molecule has 32 heavy (non-hydrogen) atoms. The maximum Gasteiger partial charge on any atom is 0.265 e. The van der Waals surface area contributed by atoms with Gasteiger partial charge in [-0.15, -0.1) is 0 Å². The highest BCUT2D eigenvalue weighted by atomic mass is 35.5. The van der Waals surface area contributed by atoms with Crippen LogP contribution in [0, 0.1) is 13.8 Å². The number of sulfonamides is 1. The zero-order chi connectivity index (χ0) is 23.3. The van der Waals surface area contributed by atoms with E-state index in [0.29, 0.717) is 28.6 Å². The van der Waals surface area contributed by atoms with Crippen LogP contribution in [0.25, 0.3) is 0 Å². The molecule has 0 saturated carbocycles. The fourth-order valence-electron chi connectivity index (χ4n) is 3.11. The van der Waals surface area contributed by atoms with Gasteiger partial charge in [-0.3, -0.25) is 9.52 Å². The Morgan fingerprint density at radius 1 is 0.969 bits per heavy atom. The van der Waals surface area contributed by atoms with Gasteiger partial charge < -0.3 is 10.1 Å². The van der Waals surface area contributed by atoms with Gasteiger partial charge in [-0.05, 0) is 79.9 Å². The average molecular weight is 473 g/mol. The molecule has 1 amide bonds. The number of hydrogen-bond donors (Lipinski definition) is 2. The number of ether oxygens (including phenoxy) is 1. The molecule has 0 spiro atoms. The van der Waals surface area contributed by atoms with Crippen LogP contribution in [0.15, 0.2) is 71.6 Å². The minimum Gasteiger partial charge on any atom is -0.481 e. The van der Waals surface area contributed by atoms with E-state index in [-0.39, 0.29) is 10.8 Å². The van der Waals surface area contributed by atoms with Crippen molar-refractivity contribution in [3.8, 4) is 5.75 Å². The van der Waals surface area contributed by atoms with Crippen molar-refractivity contribution in [2.75, 3.05) is 10.0 Å². The summed E-state index contributed by atoms with van der Waals surface area (Å²) in [5.74, 6) is 0.210. The largest absolute Gasteiger partial charge is 0.481 e. The highest BCUT2D eigenvalue weighted by Gasteiger charge is 2.20. The van der Waals surface area contributed by atoms with Crippen molar-refractivity contribution in [3.05, 3.63) is 82.9 Å². The number of para-hydroxylation sites is 1. The van der Waals surface area contributed by atoms with Crippen molar-refractivity contribution >= 4 is 38.9 Å². The SMILES string of the molecule is CC[C@@H](Oc1ccc(Cl)cc1)C(=O)Nc1ccc(S(=O)(=O)Nc2c(C)cccc2C)cc1. The quantitative estimate of drug-likeness (QED) is 0.450. The van der Waals surface area contributed by atoms with E-state index in [9.17, 15) is 13.2 Å². The first-order valence-electron chi connectivity index (χ1n) is 10.1. The molecule has 1 atom stereocenters. The van der Waals surface area contributed by atoms with Crippen LogP contribution in [0.5, 0.6) is 5.75 Å². The molecule has 0 radical (unpaired) electrons. The van der Waals surface area contributed by atoms with Gasteiger partial charge in [-0.1, -0.05) is 36.7 Å². The molecule has 0 aromatic heterocycles. The van der Waals surface area contributed by atoms with Crippen molar-refractivity contribution in [1.29, 1.82) is 0 Å². The average Bonchev–Trinajstić information content (AvgIpc) is 2.76. The second kappa shape index (κ2) is 10.1. The molecule has 3 rings (SSSR count). The summed E-state index contributed by atoms with van der Waals surface area (Å²) in [5.41, 5.74) is 2.71. The minimum absolute atomic E-state index is 0.0996. The molecule has 0 bridgehead atoms. The Hall–Kier alpha value is -3.03. The zero-order valence-corrected chi connectivity index (χ0v) is 19.6. The number of hydrogen-bond acceptors (Lipinski definition) is 4. The van der Waals surface area contributed by atoms with Gasteiger partial charge in [0.1, 0.15) is 5.75 Å². The van der Waals surface area contributed by atoms with Crippen molar-refractivity contribution in [3.63, 3.8) is 0 Å². The molecule has 3 aromatic carbocycles. The number of carbonyl (C=O) groups is 1. The van der Waals surface area contributed by atoms with E-state index in [1.807, 2.05) is 39.0 Å². The number of halogens is 1. The molecule has 0 aliphatic rings. The molecule has 6 nitrogen and oxygen atoms in total. The third-order valence-electron chi connectivity index (χ3n) is 4.90. The second-order valence-electron chi connectivity index (χ2n) is 7.35. The topological polar surface area (TPSA) is 84.5 Å². The molecule has 0 unspecified atom stereocenters. The van der Waals surface area contributed by atoms with E-state index in [0.717, 1.165) is 11.1 Å². The molecule has 0 aliphatic carbocycles. The van der Waals surface area contributed by atoms with Gasteiger partial charge in [-0.2, -0.15) is 0 Å². The molecule has 8 heteroatoms. The Kier molecular flexibility index (Phi) is 7.43. The molecule has 0 aliphatic heterocycles. The Labute approximate surface area is 193 Å². The van der Waals surface area contributed by atoms with Crippen LogP contribution >= 0.6 is 11.6 Å². The summed E-state index contributed by atoms with van der Waals surface area (Å²) in [4.78, 5) is 12.7. The normalized spacial score (nSPS) is 12.1. The van der Waals surface area contributed by atoms with Gasteiger partial charge >= 0.3 is 0 Å². The number of nitrogens with one attached hydrogen (secondary N) is 2. The summed E-state index contributed by atoms with van der Waals surface area (Å²) in [6.07, 6.45) is -0.244. The number of benzene rings is 3. The third kappa shape index (κ3) is 5.81. The fraction of sp³-hybridized carbons (Fsp3) is 0.208. The third-order valence-corrected chi connectivity index (χ3v) is 6.52. The maximum atomic E-state index is 12.8. The molecular weight excluding hydrogens is 448 g/mol. The van der Waals surface area contributed by atoms with Gasteiger partial charge in [0.2, 0.25) is 0 Å². The number of anilines is 2. The maximum absolute atomic E-state index is 12.8. The highest BCUT2D eigenvalue weighted by Crippen LogP contribution is 2.24. The highest BCUT2D eigenvalue weighted by molar-refractivity contribution is 7.92. The lowest BCUT2D eigenvalue weighted by atomic mass is 10.1. The monoisotopic (exact) mass is 472 g/mol. The molecule has 2 N–H and O–H groups in total. The number of carbonyl (C=O) groups excluding carboxylic acids is 1. The predicted octanol–water partition coefficient (Wildman–Crippen LogP) is 5.55. The van der Waals surface area contributed by atoms with Crippen LogP contribution in [-0.2, 0) is 14.8 Å². The summed E-state index contributed by atoms with van der Waals surface area (Å²) >= 11 is 5.88. The van der Waals surface area contributed by atoms with E-state index in [1.165, 1.54) is 12.1 Å². The van der Waals surface area contributed by atoms with Crippen LogP contribution < -0.4 is 14.8 Å². The Morgan fingerprint density at radius 2 is 1.56 bits per heavy atom. The summed E-state index contributed by atoms with van der Waals surface area (Å²) in [6.45, 7) is 5.54. The standard InChI is InChI=1S/C24H25ClN2O4S/c1-4-22(31-20-12-8-18(25)9-13-20)24(28)26-19-10-14-21(15-11-19)32(29,30)27-23-16(2)6-5-7-17(23)3/h5-15,22,27H,4H2,1-3H3,(H,26,28)/t22-/m1/s1. The van der Waals surface area contributed by atoms with Crippen LogP contribution in [0.3, 0.4) is 0 Å². The summed E-state index contributed by atoms with van der Waals surface area (Å²) < 4.78 is 34.0. The lowest BCUT2D eigenvalue weighted by molar-refractivity contribution is -0.122. The van der Waals surface area contributed by atoms with Crippen molar-refractivity contribution in [2.24, 2.45) is 0 Å². The van der Waals surface area contributed by atoms with Gasteiger partial charge in [0.05, 0.1) is 10.6 Å². The summed E-state index contributed by atoms with van der Waals surface area (Å²) in [6, 6.07) is 18.3. The number of amides is 1.